The molecule has 0 saturated carbocycles. The van der Waals surface area contributed by atoms with Crippen LogP contribution in [-0.2, 0) is 28.6 Å². The normalized spacial score (nSPS) is 12.4. The molecule has 0 aromatic carbocycles. The van der Waals surface area contributed by atoms with E-state index < -0.39 is 6.10 Å². The van der Waals surface area contributed by atoms with Crippen molar-refractivity contribution in [2.24, 2.45) is 0 Å². The summed E-state index contributed by atoms with van der Waals surface area (Å²) < 4.78 is 16.9. The second kappa shape index (κ2) is 63.6. The van der Waals surface area contributed by atoms with E-state index in [1.807, 2.05) is 0 Å². The van der Waals surface area contributed by atoms with Crippen LogP contribution >= 0.6 is 0 Å². The van der Waals surface area contributed by atoms with Crippen molar-refractivity contribution >= 4 is 17.9 Å². The molecule has 0 heterocycles. The van der Waals surface area contributed by atoms with Gasteiger partial charge in [0.15, 0.2) is 6.10 Å². The lowest BCUT2D eigenvalue weighted by Gasteiger charge is -2.18. The summed E-state index contributed by atoms with van der Waals surface area (Å²) in [5, 5.41) is 0. The Kier molecular flexibility index (Phi) is 61.2. The van der Waals surface area contributed by atoms with Crippen molar-refractivity contribution in [3.05, 3.63) is 60.8 Å². The third-order valence-electron chi connectivity index (χ3n) is 14.5. The molecule has 0 saturated heterocycles. The molecule has 436 valence electrons. The highest BCUT2D eigenvalue weighted by Gasteiger charge is 2.19. The van der Waals surface area contributed by atoms with E-state index in [9.17, 15) is 14.4 Å². The van der Waals surface area contributed by atoms with Gasteiger partial charge in [-0.3, -0.25) is 14.4 Å². The molecular weight excluding hydrogens is 925 g/mol. The molecule has 0 aliphatic heterocycles. The lowest BCUT2D eigenvalue weighted by Crippen LogP contribution is -2.30. The predicted octanol–water partition coefficient (Wildman–Crippen LogP) is 22.3. The van der Waals surface area contributed by atoms with E-state index >= 15 is 0 Å². The van der Waals surface area contributed by atoms with Gasteiger partial charge in [-0.1, -0.05) is 319 Å². The first-order valence-corrected chi connectivity index (χ1v) is 32.8. The van der Waals surface area contributed by atoms with E-state index in [1.165, 1.54) is 205 Å². The number of hydrogen-bond donors (Lipinski definition) is 0. The summed E-state index contributed by atoms with van der Waals surface area (Å²) in [6, 6.07) is 0. The Balaban J connectivity index is 4.29. The molecule has 0 aromatic heterocycles. The van der Waals surface area contributed by atoms with E-state index in [0.717, 1.165) is 96.3 Å². The molecule has 0 N–H and O–H groups in total. The lowest BCUT2D eigenvalue weighted by molar-refractivity contribution is -0.167. The smallest absolute Gasteiger partial charge is 0.306 e. The average molecular weight is 1050 g/mol. The maximum Gasteiger partial charge on any atom is 0.306 e. The number of ether oxygens (including phenoxy) is 3. The zero-order valence-electron chi connectivity index (χ0n) is 50.1. The number of rotatable bonds is 60. The largest absolute Gasteiger partial charge is 0.462 e. The van der Waals surface area contributed by atoms with Crippen molar-refractivity contribution < 1.29 is 28.6 Å². The Morgan fingerprint density at radius 1 is 0.280 bits per heavy atom. The van der Waals surface area contributed by atoms with Crippen LogP contribution in [0.25, 0.3) is 0 Å². The van der Waals surface area contributed by atoms with Crippen LogP contribution in [0.15, 0.2) is 60.8 Å². The highest BCUT2D eigenvalue weighted by molar-refractivity contribution is 5.71. The van der Waals surface area contributed by atoms with Gasteiger partial charge in [0.1, 0.15) is 13.2 Å². The molecule has 0 aliphatic carbocycles. The van der Waals surface area contributed by atoms with Gasteiger partial charge in [-0.2, -0.15) is 0 Å². The molecule has 6 nitrogen and oxygen atoms in total. The number of carbonyl (C=O) groups excluding carboxylic acids is 3. The zero-order valence-corrected chi connectivity index (χ0v) is 50.1. The average Bonchev–Trinajstić information content (AvgIpc) is 3.41. The minimum Gasteiger partial charge on any atom is -0.462 e. The van der Waals surface area contributed by atoms with E-state index in [-0.39, 0.29) is 31.1 Å². The lowest BCUT2D eigenvalue weighted by atomic mass is 10.0. The maximum absolute atomic E-state index is 12.9. The summed E-state index contributed by atoms with van der Waals surface area (Å²) in [6.07, 6.45) is 81.0. The highest BCUT2D eigenvalue weighted by Crippen LogP contribution is 2.18. The van der Waals surface area contributed by atoms with Gasteiger partial charge in [0.25, 0.3) is 0 Å². The summed E-state index contributed by atoms with van der Waals surface area (Å²) >= 11 is 0. The van der Waals surface area contributed by atoms with Crippen molar-refractivity contribution in [3.8, 4) is 0 Å². The molecule has 0 amide bonds. The molecule has 0 fully saturated rings. The van der Waals surface area contributed by atoms with Crippen molar-refractivity contribution in [1.29, 1.82) is 0 Å². The molecule has 0 spiro atoms. The van der Waals surface area contributed by atoms with Gasteiger partial charge >= 0.3 is 17.9 Å². The minimum atomic E-state index is -0.789. The fourth-order valence-electron chi connectivity index (χ4n) is 9.65. The van der Waals surface area contributed by atoms with Crippen LogP contribution in [0.5, 0.6) is 0 Å². The monoisotopic (exact) mass is 1050 g/mol. The Bertz CT molecular complexity index is 1340. The molecular formula is C69H124O6. The fourth-order valence-corrected chi connectivity index (χ4v) is 9.65. The van der Waals surface area contributed by atoms with E-state index in [1.54, 1.807) is 0 Å². The molecule has 0 rings (SSSR count). The number of unbranched alkanes of at least 4 members (excludes halogenated alkanes) is 39. The predicted molar refractivity (Wildman–Crippen MR) is 325 cm³/mol. The molecule has 0 aliphatic rings. The third-order valence-corrected chi connectivity index (χ3v) is 14.5. The van der Waals surface area contributed by atoms with Crippen LogP contribution in [0, 0.1) is 0 Å². The fraction of sp³-hybridized carbons (Fsp3) is 0.812. The van der Waals surface area contributed by atoms with Crippen molar-refractivity contribution in [2.75, 3.05) is 13.2 Å². The first-order chi connectivity index (χ1) is 37.0. The van der Waals surface area contributed by atoms with E-state index in [2.05, 4.69) is 81.5 Å². The van der Waals surface area contributed by atoms with Crippen LogP contribution in [0.2, 0.25) is 0 Å². The zero-order chi connectivity index (χ0) is 54.3. The second-order valence-corrected chi connectivity index (χ2v) is 22.0. The Morgan fingerprint density at radius 2 is 0.520 bits per heavy atom. The van der Waals surface area contributed by atoms with Gasteiger partial charge in [-0.25, -0.2) is 0 Å². The van der Waals surface area contributed by atoms with Gasteiger partial charge in [0.2, 0.25) is 0 Å². The Morgan fingerprint density at radius 3 is 0.813 bits per heavy atom. The van der Waals surface area contributed by atoms with Crippen LogP contribution in [0.1, 0.15) is 342 Å². The molecule has 1 atom stereocenters. The molecule has 1 unspecified atom stereocenters. The van der Waals surface area contributed by atoms with Crippen LogP contribution < -0.4 is 0 Å². The number of allylic oxidation sites excluding steroid dienone is 10. The van der Waals surface area contributed by atoms with Gasteiger partial charge < -0.3 is 14.2 Å². The number of hydrogen-bond acceptors (Lipinski definition) is 6. The first-order valence-electron chi connectivity index (χ1n) is 32.8. The number of carbonyl (C=O) groups is 3. The van der Waals surface area contributed by atoms with Gasteiger partial charge in [0.05, 0.1) is 0 Å². The van der Waals surface area contributed by atoms with Crippen molar-refractivity contribution in [3.63, 3.8) is 0 Å². The van der Waals surface area contributed by atoms with Gasteiger partial charge in [-0.05, 0) is 64.2 Å². The van der Waals surface area contributed by atoms with E-state index in [0.29, 0.717) is 19.3 Å². The highest BCUT2D eigenvalue weighted by atomic mass is 16.6. The molecule has 0 aromatic rings. The first kappa shape index (κ1) is 72.1. The van der Waals surface area contributed by atoms with Crippen LogP contribution in [0.3, 0.4) is 0 Å². The van der Waals surface area contributed by atoms with Gasteiger partial charge in [0, 0.05) is 19.3 Å². The van der Waals surface area contributed by atoms with Gasteiger partial charge in [-0.15, -0.1) is 0 Å². The SMILES string of the molecule is CC/C=C\C/C=C\C/C=C\C/C=C\C/C=C\CCCCCC(=O)OC(COC(=O)CCCCCCCCCCCCCCC)COC(=O)CCCCCCCCCCCCCCCCCCCCCCCCCCC. The maximum atomic E-state index is 12.9. The summed E-state index contributed by atoms with van der Waals surface area (Å²) in [4.78, 5) is 38.3. The molecule has 0 bridgehead atoms. The standard InChI is InChI=1S/C69H124O6/c1-4-7-10-13-16-19-22-25-27-29-31-32-33-34-35-36-38-39-41-44-47-50-53-56-59-62-68(71)74-65-66(64-73-67(70)61-58-55-52-49-46-43-24-21-18-15-12-9-6-3)75-69(72)63-60-57-54-51-48-45-42-40-37-30-28-26-23-20-17-14-11-8-5-2/h8,11,17,20,26,28,37,40,45,48,66H,4-7,9-10,12-16,18-19,21-25,27,29-36,38-39,41-44,46-47,49-65H2,1-3H3/b11-8-,20-17-,28-26-,40-37-,48-45-. The van der Waals surface area contributed by atoms with Crippen molar-refractivity contribution in [2.45, 2.75) is 348 Å². The van der Waals surface area contributed by atoms with Crippen molar-refractivity contribution in [1.82, 2.24) is 0 Å². The summed E-state index contributed by atoms with van der Waals surface area (Å²) in [5.41, 5.74) is 0. The second-order valence-electron chi connectivity index (χ2n) is 22.0. The summed E-state index contributed by atoms with van der Waals surface area (Å²) in [6.45, 7) is 6.55. The molecule has 0 radical (unpaired) electrons. The minimum absolute atomic E-state index is 0.0832. The molecule has 6 heteroatoms. The molecule has 75 heavy (non-hydrogen) atoms. The van der Waals surface area contributed by atoms with Crippen LogP contribution in [0.4, 0.5) is 0 Å². The number of esters is 3. The Labute approximate surface area is 466 Å². The van der Waals surface area contributed by atoms with E-state index in [4.69, 9.17) is 14.2 Å². The summed E-state index contributed by atoms with van der Waals surface area (Å²) in [7, 11) is 0. The topological polar surface area (TPSA) is 78.9 Å². The Hall–Kier alpha value is -2.89. The summed E-state index contributed by atoms with van der Waals surface area (Å²) in [5.74, 6) is -0.895. The van der Waals surface area contributed by atoms with Crippen LogP contribution in [-0.4, -0.2) is 37.2 Å². The quantitative estimate of drug-likeness (QED) is 0.0261. The third kappa shape index (κ3) is 61.8.